The predicted octanol–water partition coefficient (Wildman–Crippen LogP) is 3.91. The zero-order valence-electron chi connectivity index (χ0n) is 11.4. The van der Waals surface area contributed by atoms with E-state index in [1.165, 1.54) is 4.88 Å². The minimum absolute atomic E-state index is 0.836. The maximum Gasteiger partial charge on any atom is 0.0632 e. The van der Waals surface area contributed by atoms with Gasteiger partial charge in [0.2, 0.25) is 0 Å². The second-order valence-corrected chi connectivity index (χ2v) is 5.72. The number of nitrogens with two attached hydrogens (primary N) is 1. The standard InChI is InChI=1S/C16H17N3S/c1-2-19(11-13-4-3-9-20-13)15-6-5-12-10-18-8-7-14(12)16(15)17/h3-10H,2,11,17H2,1H3. The van der Waals surface area contributed by atoms with Crippen molar-refractivity contribution in [1.29, 1.82) is 0 Å². The molecule has 0 aliphatic carbocycles. The summed E-state index contributed by atoms with van der Waals surface area (Å²) in [7, 11) is 0. The van der Waals surface area contributed by atoms with E-state index in [1.54, 1.807) is 17.5 Å². The van der Waals surface area contributed by atoms with Crippen LogP contribution in [0.5, 0.6) is 0 Å². The summed E-state index contributed by atoms with van der Waals surface area (Å²) in [6, 6.07) is 10.4. The highest BCUT2D eigenvalue weighted by Gasteiger charge is 2.11. The van der Waals surface area contributed by atoms with Crippen LogP contribution in [-0.2, 0) is 6.54 Å². The van der Waals surface area contributed by atoms with Crippen LogP contribution in [0.1, 0.15) is 11.8 Å². The predicted molar refractivity (Wildman–Crippen MR) is 87.2 cm³/mol. The van der Waals surface area contributed by atoms with E-state index in [2.05, 4.69) is 46.5 Å². The molecule has 0 atom stereocenters. The molecule has 4 heteroatoms. The number of benzene rings is 1. The van der Waals surface area contributed by atoms with Gasteiger partial charge in [-0.25, -0.2) is 0 Å². The number of rotatable bonds is 4. The van der Waals surface area contributed by atoms with Crippen molar-refractivity contribution in [1.82, 2.24) is 4.98 Å². The molecule has 0 spiro atoms. The Morgan fingerprint density at radius 1 is 1.25 bits per heavy atom. The van der Waals surface area contributed by atoms with Crippen molar-refractivity contribution < 1.29 is 0 Å². The normalized spacial score (nSPS) is 10.8. The van der Waals surface area contributed by atoms with Crippen molar-refractivity contribution in [2.75, 3.05) is 17.2 Å². The van der Waals surface area contributed by atoms with Gasteiger partial charge in [0, 0.05) is 34.6 Å². The summed E-state index contributed by atoms with van der Waals surface area (Å²) in [5.41, 5.74) is 8.29. The number of anilines is 2. The van der Waals surface area contributed by atoms with E-state index in [9.17, 15) is 0 Å². The van der Waals surface area contributed by atoms with Crippen LogP contribution < -0.4 is 10.6 Å². The fraction of sp³-hybridized carbons (Fsp3) is 0.188. The van der Waals surface area contributed by atoms with Gasteiger partial charge in [-0.2, -0.15) is 0 Å². The minimum atomic E-state index is 0.836. The Morgan fingerprint density at radius 2 is 2.15 bits per heavy atom. The van der Waals surface area contributed by atoms with Crippen LogP contribution in [0.15, 0.2) is 48.1 Å². The lowest BCUT2D eigenvalue weighted by atomic mass is 10.1. The van der Waals surface area contributed by atoms with E-state index in [1.807, 2.05) is 12.3 Å². The van der Waals surface area contributed by atoms with Gasteiger partial charge in [-0.05, 0) is 30.5 Å². The SMILES string of the molecule is CCN(Cc1cccs1)c1ccc2cnccc2c1N. The van der Waals surface area contributed by atoms with Crippen LogP contribution in [0.25, 0.3) is 10.8 Å². The number of nitrogens with zero attached hydrogens (tertiary/aromatic N) is 2. The molecule has 102 valence electrons. The minimum Gasteiger partial charge on any atom is -0.397 e. The Hall–Kier alpha value is -2.07. The first-order chi connectivity index (χ1) is 9.79. The molecule has 0 amide bonds. The summed E-state index contributed by atoms with van der Waals surface area (Å²) in [5, 5.41) is 4.27. The third kappa shape index (κ3) is 2.34. The molecule has 1 aromatic carbocycles. The first-order valence-electron chi connectivity index (χ1n) is 6.69. The van der Waals surface area contributed by atoms with E-state index < -0.39 is 0 Å². The lowest BCUT2D eigenvalue weighted by Crippen LogP contribution is -2.22. The second kappa shape index (κ2) is 5.51. The number of nitrogen functional groups attached to an aromatic ring is 1. The van der Waals surface area contributed by atoms with Crippen molar-refractivity contribution in [2.45, 2.75) is 13.5 Å². The first-order valence-corrected chi connectivity index (χ1v) is 7.57. The van der Waals surface area contributed by atoms with Crippen molar-refractivity contribution in [3.8, 4) is 0 Å². The van der Waals surface area contributed by atoms with Gasteiger partial charge in [-0.15, -0.1) is 11.3 Å². The van der Waals surface area contributed by atoms with Gasteiger partial charge in [-0.3, -0.25) is 4.98 Å². The molecule has 2 N–H and O–H groups in total. The van der Waals surface area contributed by atoms with Gasteiger partial charge in [0.1, 0.15) is 0 Å². The molecule has 0 saturated heterocycles. The number of hydrogen-bond acceptors (Lipinski definition) is 4. The third-order valence-corrected chi connectivity index (χ3v) is 4.35. The Kier molecular flexibility index (Phi) is 3.56. The van der Waals surface area contributed by atoms with Crippen LogP contribution in [0, 0.1) is 0 Å². The molecule has 0 radical (unpaired) electrons. The summed E-state index contributed by atoms with van der Waals surface area (Å²) in [6.07, 6.45) is 3.64. The average molecular weight is 283 g/mol. The molecular weight excluding hydrogens is 266 g/mol. The number of pyridine rings is 1. The van der Waals surface area contributed by atoms with E-state index in [4.69, 9.17) is 5.73 Å². The molecule has 2 heterocycles. The van der Waals surface area contributed by atoms with Crippen LogP contribution in [0.3, 0.4) is 0 Å². The summed E-state index contributed by atoms with van der Waals surface area (Å²) in [4.78, 5) is 7.80. The molecule has 0 unspecified atom stereocenters. The highest BCUT2D eigenvalue weighted by molar-refractivity contribution is 7.09. The highest BCUT2D eigenvalue weighted by atomic mass is 32.1. The van der Waals surface area contributed by atoms with E-state index in [0.29, 0.717) is 0 Å². The molecule has 0 bridgehead atoms. The molecule has 3 aromatic rings. The molecule has 0 aliphatic rings. The molecular formula is C16H17N3S. The molecule has 0 saturated carbocycles. The summed E-state index contributed by atoms with van der Waals surface area (Å²) >= 11 is 1.78. The number of hydrogen-bond donors (Lipinski definition) is 1. The second-order valence-electron chi connectivity index (χ2n) is 4.69. The van der Waals surface area contributed by atoms with E-state index in [0.717, 1.165) is 35.2 Å². The lowest BCUT2D eigenvalue weighted by molar-refractivity contribution is 0.845. The van der Waals surface area contributed by atoms with Crippen LogP contribution in [0.4, 0.5) is 11.4 Å². The van der Waals surface area contributed by atoms with Crippen LogP contribution >= 0.6 is 11.3 Å². The van der Waals surface area contributed by atoms with Gasteiger partial charge < -0.3 is 10.6 Å². The Bertz CT molecular complexity index is 707. The third-order valence-electron chi connectivity index (χ3n) is 3.49. The van der Waals surface area contributed by atoms with Gasteiger partial charge >= 0.3 is 0 Å². The smallest absolute Gasteiger partial charge is 0.0632 e. The number of aromatic nitrogens is 1. The molecule has 3 nitrogen and oxygen atoms in total. The number of fused-ring (bicyclic) bond motifs is 1. The van der Waals surface area contributed by atoms with E-state index in [-0.39, 0.29) is 0 Å². The Labute approximate surface area is 122 Å². The first kappa shape index (κ1) is 12.9. The van der Waals surface area contributed by atoms with Crippen molar-refractivity contribution in [3.05, 3.63) is 53.0 Å². The fourth-order valence-corrected chi connectivity index (χ4v) is 3.13. The largest absolute Gasteiger partial charge is 0.397 e. The Balaban J connectivity index is 2.01. The van der Waals surface area contributed by atoms with Crippen molar-refractivity contribution in [2.24, 2.45) is 0 Å². The fourth-order valence-electron chi connectivity index (χ4n) is 2.41. The van der Waals surface area contributed by atoms with Crippen molar-refractivity contribution in [3.63, 3.8) is 0 Å². The lowest BCUT2D eigenvalue weighted by Gasteiger charge is -2.24. The Morgan fingerprint density at radius 3 is 2.90 bits per heavy atom. The maximum absolute atomic E-state index is 6.36. The van der Waals surface area contributed by atoms with E-state index >= 15 is 0 Å². The topological polar surface area (TPSA) is 42.2 Å². The van der Waals surface area contributed by atoms with Gasteiger partial charge in [0.15, 0.2) is 0 Å². The zero-order valence-corrected chi connectivity index (χ0v) is 12.2. The summed E-state index contributed by atoms with van der Waals surface area (Å²) in [6.45, 7) is 3.98. The number of thiophene rings is 1. The summed E-state index contributed by atoms with van der Waals surface area (Å²) in [5.74, 6) is 0. The quantitative estimate of drug-likeness (QED) is 0.738. The highest BCUT2D eigenvalue weighted by Crippen LogP contribution is 2.32. The molecule has 0 aliphatic heterocycles. The molecule has 0 fully saturated rings. The molecule has 2 aromatic heterocycles. The molecule has 3 rings (SSSR count). The van der Waals surface area contributed by atoms with Crippen LogP contribution in [0.2, 0.25) is 0 Å². The average Bonchev–Trinajstić information content (AvgIpc) is 2.99. The van der Waals surface area contributed by atoms with Gasteiger partial charge in [0.05, 0.1) is 17.9 Å². The maximum atomic E-state index is 6.36. The van der Waals surface area contributed by atoms with Gasteiger partial charge in [-0.1, -0.05) is 12.1 Å². The molecule has 20 heavy (non-hydrogen) atoms. The van der Waals surface area contributed by atoms with Crippen LogP contribution in [-0.4, -0.2) is 11.5 Å². The zero-order chi connectivity index (χ0) is 13.9. The monoisotopic (exact) mass is 283 g/mol. The van der Waals surface area contributed by atoms with Gasteiger partial charge in [0.25, 0.3) is 0 Å². The summed E-state index contributed by atoms with van der Waals surface area (Å²) < 4.78 is 0. The van der Waals surface area contributed by atoms with Crippen molar-refractivity contribution >= 4 is 33.5 Å².